The monoisotopic (exact) mass is 196 g/mol. The van der Waals surface area contributed by atoms with Gasteiger partial charge in [-0.05, 0) is 43.1 Å². The highest BCUT2D eigenvalue weighted by Crippen LogP contribution is 1.94. The van der Waals surface area contributed by atoms with Gasteiger partial charge in [0.2, 0.25) is 0 Å². The Bertz CT molecular complexity index is 375. The molecule has 0 heteroatoms. The molecule has 0 unspecified atom stereocenters. The summed E-state index contributed by atoms with van der Waals surface area (Å²) < 4.78 is 0. The molecule has 76 valence electrons. The predicted molar refractivity (Wildman–Crippen MR) is 66.8 cm³/mol. The number of hydrogen-bond acceptors (Lipinski definition) is 0. The molecule has 0 atom stereocenters. The zero-order valence-corrected chi connectivity index (χ0v) is 9.43. The van der Waals surface area contributed by atoms with Gasteiger partial charge in [0.05, 0.1) is 0 Å². The maximum absolute atomic E-state index is 2.81. The second-order valence-electron chi connectivity index (χ2n) is 2.82. The maximum Gasteiger partial charge on any atom is -0.000709 e. The van der Waals surface area contributed by atoms with E-state index in [1.165, 1.54) is 12.8 Å². The lowest BCUT2D eigenvalue weighted by atomic mass is 10.2. The lowest BCUT2D eigenvalue weighted by molar-refractivity contribution is 0.815. The highest BCUT2D eigenvalue weighted by molar-refractivity contribution is 5.37. The molecule has 15 heavy (non-hydrogen) atoms. The molecule has 0 spiro atoms. The van der Waals surface area contributed by atoms with E-state index in [0.29, 0.717) is 0 Å². The van der Waals surface area contributed by atoms with Gasteiger partial charge in [0, 0.05) is 0 Å². The molecule has 0 aliphatic heterocycles. The summed E-state index contributed by atoms with van der Waals surface area (Å²) >= 11 is 0. The number of rotatable bonds is 4. The molecule has 0 heterocycles. The van der Waals surface area contributed by atoms with Crippen LogP contribution in [0.4, 0.5) is 0 Å². The lowest BCUT2D eigenvalue weighted by Crippen LogP contribution is -1.64. The first-order chi connectivity index (χ1) is 7.41. The molecule has 0 rings (SSSR count). The summed E-state index contributed by atoms with van der Waals surface area (Å²) in [4.78, 5) is 0. The van der Waals surface area contributed by atoms with E-state index in [1.807, 2.05) is 12.2 Å². The molecular formula is C15H16. The van der Waals surface area contributed by atoms with Gasteiger partial charge in [-0.2, -0.15) is 0 Å². The first-order valence-electron chi connectivity index (χ1n) is 5.15. The SMILES string of the molecule is CC#CC#CC#CC=CC=CCCCC. The predicted octanol–water partition coefficient (Wildman–Crippen LogP) is 3.32. The second-order valence-corrected chi connectivity index (χ2v) is 2.82. The molecule has 0 fully saturated rings. The quantitative estimate of drug-likeness (QED) is 0.367. The molecule has 0 nitrogen and oxygen atoms in total. The van der Waals surface area contributed by atoms with Crippen LogP contribution in [-0.2, 0) is 0 Å². The summed E-state index contributed by atoms with van der Waals surface area (Å²) in [5.74, 6) is 16.1. The first kappa shape index (κ1) is 13.2. The lowest BCUT2D eigenvalue weighted by Gasteiger charge is -1.84. The highest BCUT2D eigenvalue weighted by Gasteiger charge is 1.74. The van der Waals surface area contributed by atoms with Gasteiger partial charge in [0.25, 0.3) is 0 Å². The van der Waals surface area contributed by atoms with E-state index in [4.69, 9.17) is 0 Å². The van der Waals surface area contributed by atoms with Crippen molar-refractivity contribution < 1.29 is 0 Å². The van der Waals surface area contributed by atoms with Gasteiger partial charge >= 0.3 is 0 Å². The Labute approximate surface area is 93.5 Å². The van der Waals surface area contributed by atoms with E-state index < -0.39 is 0 Å². The Morgan fingerprint density at radius 2 is 1.80 bits per heavy atom. The van der Waals surface area contributed by atoms with Crippen molar-refractivity contribution in [2.75, 3.05) is 0 Å². The van der Waals surface area contributed by atoms with Crippen molar-refractivity contribution in [1.29, 1.82) is 0 Å². The van der Waals surface area contributed by atoms with Crippen LogP contribution in [-0.4, -0.2) is 0 Å². The summed E-state index contributed by atoms with van der Waals surface area (Å²) in [6.45, 7) is 3.94. The molecule has 0 aromatic heterocycles. The van der Waals surface area contributed by atoms with Crippen LogP contribution in [0.5, 0.6) is 0 Å². The summed E-state index contributed by atoms with van der Waals surface area (Å²) in [5.41, 5.74) is 0. The van der Waals surface area contributed by atoms with Crippen LogP contribution in [0.15, 0.2) is 24.3 Å². The van der Waals surface area contributed by atoms with Crippen molar-refractivity contribution in [2.45, 2.75) is 33.1 Å². The molecule has 0 radical (unpaired) electrons. The average Bonchev–Trinajstić information content (AvgIpc) is 2.26. The van der Waals surface area contributed by atoms with Crippen molar-refractivity contribution in [3.05, 3.63) is 24.3 Å². The Morgan fingerprint density at radius 3 is 2.53 bits per heavy atom. The van der Waals surface area contributed by atoms with Gasteiger partial charge in [-0.3, -0.25) is 0 Å². The van der Waals surface area contributed by atoms with Crippen molar-refractivity contribution in [2.24, 2.45) is 0 Å². The van der Waals surface area contributed by atoms with Gasteiger partial charge in [-0.1, -0.05) is 49.8 Å². The highest BCUT2D eigenvalue weighted by atomic mass is 13.8. The summed E-state index contributed by atoms with van der Waals surface area (Å²) in [6, 6.07) is 0. The molecule has 0 aliphatic rings. The van der Waals surface area contributed by atoms with E-state index in [2.05, 4.69) is 48.5 Å². The largest absolute Gasteiger partial charge is 0.0925 e. The van der Waals surface area contributed by atoms with Crippen LogP contribution in [0.2, 0.25) is 0 Å². The zero-order valence-electron chi connectivity index (χ0n) is 9.43. The average molecular weight is 196 g/mol. The Morgan fingerprint density at radius 1 is 1.00 bits per heavy atom. The van der Waals surface area contributed by atoms with E-state index in [0.717, 1.165) is 6.42 Å². The second kappa shape index (κ2) is 12.2. The van der Waals surface area contributed by atoms with Crippen molar-refractivity contribution in [3.63, 3.8) is 0 Å². The van der Waals surface area contributed by atoms with Crippen molar-refractivity contribution >= 4 is 0 Å². The number of unbranched alkanes of at least 4 members (excludes halogenated alkanes) is 2. The van der Waals surface area contributed by atoms with Crippen LogP contribution >= 0.6 is 0 Å². The minimum absolute atomic E-state index is 1.14. The minimum atomic E-state index is 1.14. The van der Waals surface area contributed by atoms with Crippen LogP contribution in [0, 0.1) is 35.5 Å². The van der Waals surface area contributed by atoms with Crippen LogP contribution in [0.25, 0.3) is 0 Å². The molecule has 0 saturated heterocycles. The topological polar surface area (TPSA) is 0 Å². The smallest absolute Gasteiger partial charge is 0.000709 e. The van der Waals surface area contributed by atoms with E-state index in [-0.39, 0.29) is 0 Å². The Hall–Kier alpha value is -1.84. The fourth-order valence-electron chi connectivity index (χ4n) is 0.803. The Kier molecular flexibility index (Phi) is 10.7. The van der Waals surface area contributed by atoms with Gasteiger partial charge < -0.3 is 0 Å². The van der Waals surface area contributed by atoms with Crippen LogP contribution < -0.4 is 0 Å². The summed E-state index contributed by atoms with van der Waals surface area (Å²) in [6.07, 6.45) is 11.5. The molecule has 0 amide bonds. The molecule has 0 aliphatic carbocycles. The van der Waals surface area contributed by atoms with Gasteiger partial charge in [-0.25, -0.2) is 0 Å². The number of hydrogen-bond donors (Lipinski definition) is 0. The van der Waals surface area contributed by atoms with E-state index in [9.17, 15) is 0 Å². The molecular weight excluding hydrogens is 180 g/mol. The van der Waals surface area contributed by atoms with Crippen LogP contribution in [0.1, 0.15) is 33.1 Å². The third kappa shape index (κ3) is 12.2. The number of allylic oxidation sites excluding steroid dienone is 4. The summed E-state index contributed by atoms with van der Waals surface area (Å²) in [7, 11) is 0. The van der Waals surface area contributed by atoms with Crippen LogP contribution in [0.3, 0.4) is 0 Å². The first-order valence-corrected chi connectivity index (χ1v) is 5.15. The van der Waals surface area contributed by atoms with Gasteiger partial charge in [-0.15, -0.1) is 0 Å². The maximum atomic E-state index is 2.81. The normalized spacial score (nSPS) is 8.67. The van der Waals surface area contributed by atoms with E-state index >= 15 is 0 Å². The molecule has 0 N–H and O–H groups in total. The van der Waals surface area contributed by atoms with Crippen molar-refractivity contribution in [1.82, 2.24) is 0 Å². The minimum Gasteiger partial charge on any atom is -0.0925 e. The third-order valence-corrected chi connectivity index (χ3v) is 1.54. The molecule has 0 saturated carbocycles. The van der Waals surface area contributed by atoms with Gasteiger partial charge in [0.15, 0.2) is 0 Å². The van der Waals surface area contributed by atoms with E-state index in [1.54, 1.807) is 13.0 Å². The standard InChI is InChI=1S/C15H16/c1-3-5-7-9-11-13-15-14-12-10-8-6-4-2/h9,11,13,15H,3,5,7H2,1-2H3. The van der Waals surface area contributed by atoms with Gasteiger partial charge in [0.1, 0.15) is 0 Å². The third-order valence-electron chi connectivity index (χ3n) is 1.54. The zero-order chi connectivity index (χ0) is 11.2. The fraction of sp³-hybridized carbons (Fsp3) is 0.333. The summed E-state index contributed by atoms with van der Waals surface area (Å²) in [5, 5.41) is 0. The van der Waals surface area contributed by atoms with Crippen molar-refractivity contribution in [3.8, 4) is 35.5 Å². The molecule has 0 aromatic rings. The Balaban J connectivity index is 3.74. The molecule has 0 bridgehead atoms. The molecule has 0 aromatic carbocycles. The fourth-order valence-corrected chi connectivity index (χ4v) is 0.803.